The number of rotatable bonds is 8. The van der Waals surface area contributed by atoms with Crippen molar-refractivity contribution in [2.45, 2.75) is 13.8 Å². The number of carbonyl (C=O) groups excluding carboxylic acids is 2. The largest absolute Gasteiger partial charge is 0.322 e. The van der Waals surface area contributed by atoms with Crippen LogP contribution in [0.3, 0.4) is 0 Å². The molecule has 0 aliphatic heterocycles. The van der Waals surface area contributed by atoms with Crippen molar-refractivity contribution in [3.63, 3.8) is 0 Å². The molecule has 4 rings (SSSR count). The zero-order chi connectivity index (χ0) is 26.7. The van der Waals surface area contributed by atoms with Gasteiger partial charge in [-0.3, -0.25) is 9.59 Å². The monoisotopic (exact) mass is 500 g/mol. The molecular weight excluding hydrogens is 472 g/mol. The Morgan fingerprint density at radius 3 is 1.76 bits per heavy atom. The van der Waals surface area contributed by atoms with E-state index in [1.165, 1.54) is 12.2 Å². The highest BCUT2D eigenvalue weighted by atomic mass is 16.2. The highest BCUT2D eigenvalue weighted by Crippen LogP contribution is 2.30. The molecule has 0 spiro atoms. The van der Waals surface area contributed by atoms with Gasteiger partial charge in [0.25, 0.3) is 0 Å². The zero-order valence-corrected chi connectivity index (χ0v) is 21.3. The van der Waals surface area contributed by atoms with Crippen molar-refractivity contribution in [1.82, 2.24) is 0 Å². The van der Waals surface area contributed by atoms with Gasteiger partial charge >= 0.3 is 0 Å². The van der Waals surface area contributed by atoms with Gasteiger partial charge < -0.3 is 10.6 Å². The summed E-state index contributed by atoms with van der Waals surface area (Å²) in [4.78, 5) is 25.3. The van der Waals surface area contributed by atoms with Crippen LogP contribution in [-0.2, 0) is 9.59 Å². The Morgan fingerprint density at radius 1 is 0.632 bits per heavy atom. The Bertz CT molecular complexity index is 1490. The van der Waals surface area contributed by atoms with E-state index in [1.807, 2.05) is 92.7 Å². The number of carbonyl (C=O) groups is 2. The van der Waals surface area contributed by atoms with E-state index in [2.05, 4.69) is 20.9 Å². The van der Waals surface area contributed by atoms with E-state index >= 15 is 0 Å². The molecule has 2 amide bonds. The van der Waals surface area contributed by atoms with Crippen molar-refractivity contribution in [3.8, 4) is 0 Å². The quantitative estimate of drug-likeness (QED) is 0.190. The van der Waals surface area contributed by atoms with Crippen LogP contribution in [0.2, 0.25) is 0 Å². The predicted molar refractivity (Wildman–Crippen MR) is 155 cm³/mol. The molecule has 2 N–H and O–H groups in total. The van der Waals surface area contributed by atoms with Crippen LogP contribution in [-0.4, -0.2) is 11.8 Å². The normalized spacial score (nSPS) is 11.3. The molecule has 0 saturated heterocycles. The van der Waals surface area contributed by atoms with Gasteiger partial charge in [0.1, 0.15) is 5.69 Å². The van der Waals surface area contributed by atoms with Crippen molar-refractivity contribution in [2.75, 3.05) is 10.6 Å². The SMILES string of the molecule is Cc1ccc(C=CC(=O)Nc2ccc(N=Nc3ccccc3)c(NC(=O)C=Cc3ccc(C)cc3)c2)cc1. The molecular formula is C32H28N4O2. The first-order valence-corrected chi connectivity index (χ1v) is 12.2. The van der Waals surface area contributed by atoms with Crippen LogP contribution >= 0.6 is 0 Å². The molecule has 0 aliphatic rings. The van der Waals surface area contributed by atoms with Gasteiger partial charge in [-0.25, -0.2) is 0 Å². The number of nitrogens with one attached hydrogen (secondary N) is 2. The minimum absolute atomic E-state index is 0.291. The third kappa shape index (κ3) is 7.96. The van der Waals surface area contributed by atoms with Gasteiger partial charge in [0.15, 0.2) is 0 Å². The summed E-state index contributed by atoms with van der Waals surface area (Å²) in [5, 5.41) is 14.3. The molecule has 6 nitrogen and oxygen atoms in total. The van der Waals surface area contributed by atoms with E-state index < -0.39 is 0 Å². The minimum Gasteiger partial charge on any atom is -0.322 e. The summed E-state index contributed by atoms with van der Waals surface area (Å²) in [6.45, 7) is 4.02. The summed E-state index contributed by atoms with van der Waals surface area (Å²) in [7, 11) is 0. The molecule has 4 aromatic carbocycles. The van der Waals surface area contributed by atoms with E-state index in [9.17, 15) is 9.59 Å². The molecule has 0 saturated carbocycles. The smallest absolute Gasteiger partial charge is 0.248 e. The molecule has 0 heterocycles. The van der Waals surface area contributed by atoms with Crippen LogP contribution in [0.1, 0.15) is 22.3 Å². The summed E-state index contributed by atoms with van der Waals surface area (Å²) < 4.78 is 0. The number of anilines is 2. The predicted octanol–water partition coefficient (Wildman–Crippen LogP) is 8.02. The molecule has 0 atom stereocenters. The van der Waals surface area contributed by atoms with E-state index in [0.717, 1.165) is 22.3 Å². The summed E-state index contributed by atoms with van der Waals surface area (Å²) in [6.07, 6.45) is 6.41. The van der Waals surface area contributed by atoms with Crippen LogP contribution in [0, 0.1) is 13.8 Å². The second-order valence-corrected chi connectivity index (χ2v) is 8.73. The molecule has 0 bridgehead atoms. The van der Waals surface area contributed by atoms with Crippen molar-refractivity contribution in [2.24, 2.45) is 10.2 Å². The number of aryl methyl sites for hydroxylation is 2. The zero-order valence-electron chi connectivity index (χ0n) is 21.3. The Kier molecular flexibility index (Phi) is 8.71. The Balaban J connectivity index is 1.52. The lowest BCUT2D eigenvalue weighted by atomic mass is 10.1. The fraction of sp³-hybridized carbons (Fsp3) is 0.0625. The van der Waals surface area contributed by atoms with Crippen LogP contribution in [0.15, 0.2) is 119 Å². The number of hydrogen-bond donors (Lipinski definition) is 2. The molecule has 0 aromatic heterocycles. The molecule has 0 radical (unpaired) electrons. The molecule has 0 fully saturated rings. The van der Waals surface area contributed by atoms with Crippen LogP contribution in [0.4, 0.5) is 22.7 Å². The van der Waals surface area contributed by atoms with Gasteiger partial charge in [-0.05, 0) is 67.5 Å². The molecule has 6 heteroatoms. The molecule has 4 aromatic rings. The number of benzene rings is 4. The number of hydrogen-bond acceptors (Lipinski definition) is 4. The van der Waals surface area contributed by atoms with E-state index in [-0.39, 0.29) is 11.8 Å². The summed E-state index contributed by atoms with van der Waals surface area (Å²) in [5.41, 5.74) is 6.21. The minimum atomic E-state index is -0.329. The van der Waals surface area contributed by atoms with Gasteiger partial charge in [-0.2, -0.15) is 5.11 Å². The van der Waals surface area contributed by atoms with Gasteiger partial charge in [0.2, 0.25) is 11.8 Å². The number of azo groups is 1. The van der Waals surface area contributed by atoms with Crippen LogP contribution in [0.5, 0.6) is 0 Å². The topological polar surface area (TPSA) is 82.9 Å². The van der Waals surface area contributed by atoms with Crippen molar-refractivity contribution >= 4 is 46.7 Å². The van der Waals surface area contributed by atoms with E-state index in [0.29, 0.717) is 22.7 Å². The Labute approximate surface area is 222 Å². The number of amides is 2. The van der Waals surface area contributed by atoms with Gasteiger partial charge in [-0.15, -0.1) is 5.11 Å². The second kappa shape index (κ2) is 12.7. The summed E-state index contributed by atoms with van der Waals surface area (Å²) in [5.74, 6) is -0.620. The first-order chi connectivity index (χ1) is 18.4. The van der Waals surface area contributed by atoms with Gasteiger partial charge in [0, 0.05) is 17.8 Å². The summed E-state index contributed by atoms with van der Waals surface area (Å²) >= 11 is 0. The van der Waals surface area contributed by atoms with E-state index in [1.54, 1.807) is 30.4 Å². The third-order valence-corrected chi connectivity index (χ3v) is 5.56. The Hall–Kier alpha value is -5.10. The Morgan fingerprint density at radius 2 is 1.18 bits per heavy atom. The molecule has 38 heavy (non-hydrogen) atoms. The van der Waals surface area contributed by atoms with Gasteiger partial charge in [0.05, 0.1) is 11.4 Å². The summed E-state index contributed by atoms with van der Waals surface area (Å²) in [6, 6.07) is 30.1. The third-order valence-electron chi connectivity index (χ3n) is 5.56. The first kappa shape index (κ1) is 26.0. The van der Waals surface area contributed by atoms with Crippen LogP contribution in [0.25, 0.3) is 12.2 Å². The average molecular weight is 501 g/mol. The highest BCUT2D eigenvalue weighted by Gasteiger charge is 2.08. The van der Waals surface area contributed by atoms with E-state index in [4.69, 9.17) is 0 Å². The lowest BCUT2D eigenvalue weighted by Crippen LogP contribution is -2.10. The highest BCUT2D eigenvalue weighted by molar-refractivity contribution is 6.05. The first-order valence-electron chi connectivity index (χ1n) is 12.2. The van der Waals surface area contributed by atoms with Crippen molar-refractivity contribution in [1.29, 1.82) is 0 Å². The lowest BCUT2D eigenvalue weighted by molar-refractivity contribution is -0.112. The fourth-order valence-electron chi connectivity index (χ4n) is 3.46. The second-order valence-electron chi connectivity index (χ2n) is 8.73. The lowest BCUT2D eigenvalue weighted by Gasteiger charge is -2.09. The maximum atomic E-state index is 12.7. The molecule has 188 valence electrons. The fourth-order valence-corrected chi connectivity index (χ4v) is 3.46. The van der Waals surface area contributed by atoms with Crippen molar-refractivity contribution in [3.05, 3.63) is 131 Å². The maximum absolute atomic E-state index is 12.7. The van der Waals surface area contributed by atoms with Crippen LogP contribution < -0.4 is 10.6 Å². The standard InChI is InChI=1S/C32H28N4O2/c1-23-8-12-25(13-9-23)16-20-31(37)33-28-18-19-29(36-35-27-6-4-3-5-7-27)30(22-28)34-32(38)21-17-26-14-10-24(2)11-15-26/h3-22H,1-2H3,(H,33,37)(H,34,38). The average Bonchev–Trinajstić information content (AvgIpc) is 2.92. The number of nitrogens with zero attached hydrogens (tertiary/aromatic N) is 2. The molecule has 0 unspecified atom stereocenters. The maximum Gasteiger partial charge on any atom is 0.248 e. The van der Waals surface area contributed by atoms with Crippen molar-refractivity contribution < 1.29 is 9.59 Å². The van der Waals surface area contributed by atoms with Gasteiger partial charge in [-0.1, -0.05) is 77.9 Å². The molecule has 0 aliphatic carbocycles.